The van der Waals surface area contributed by atoms with Gasteiger partial charge in [-0.1, -0.05) is 38.8 Å². The first-order chi connectivity index (χ1) is 18.3. The zero-order valence-electron chi connectivity index (χ0n) is 22.9. The molecule has 0 bridgehead atoms. The minimum absolute atomic E-state index is 0.147. The number of guanidine groups is 1. The number of halogens is 1. The van der Waals surface area contributed by atoms with Crippen LogP contribution in [0.3, 0.4) is 0 Å². The molecule has 1 aromatic carbocycles. The number of pyridine rings is 1. The van der Waals surface area contributed by atoms with Gasteiger partial charge < -0.3 is 21.8 Å². The molecule has 0 spiro atoms. The molecule has 0 unspecified atom stereocenters. The maximum Gasteiger partial charge on any atom is 0.274 e. The summed E-state index contributed by atoms with van der Waals surface area (Å²) in [5.74, 6) is -0.224. The number of nitrogens with two attached hydrogens (primary N) is 1. The third-order valence-electron chi connectivity index (χ3n) is 7.30. The van der Waals surface area contributed by atoms with Crippen molar-refractivity contribution in [2.24, 2.45) is 16.6 Å². The minimum Gasteiger partial charge on any atom is -0.370 e. The Hall–Kier alpha value is -3.59. The molecule has 1 saturated heterocycles. The molecule has 5 N–H and O–H groups in total. The van der Waals surface area contributed by atoms with Gasteiger partial charge in [0.15, 0.2) is 5.96 Å². The Kier molecular flexibility index (Phi) is 10.1. The van der Waals surface area contributed by atoms with Crippen LogP contribution in [0.25, 0.3) is 0 Å². The molecule has 1 aromatic heterocycles. The molecule has 1 fully saturated rings. The lowest BCUT2D eigenvalue weighted by atomic mass is 9.63. The van der Waals surface area contributed by atoms with E-state index in [4.69, 9.17) is 11.1 Å². The number of carbonyl (C=O) groups excluding carboxylic acids is 1. The van der Waals surface area contributed by atoms with Crippen LogP contribution in [0, 0.1) is 17.1 Å². The monoisotopic (exact) mass is 521 g/mol. The number of fused-ring (bicyclic) bond motifs is 1. The third kappa shape index (κ3) is 6.64. The molecule has 2 aromatic rings. The standard InChI is InChI=1S/C25H30FN7O.C4H10/c1-3-16(12-27)14-33-9-8-18(15-33)25(32-24(28)29-2)11-17-4-6-20(10-21(17)25)31-23(34)22-7-5-19(26)13-30-22;1-3-4-2/h3-7,10,12-13,18,27H,8-9,11,14-15H2,1-2H3,(H,31,34)(H3,28,29,32);3-4H2,1-2H3/b16-3+,27-12?;/t18-,25-;/m0./s1. The van der Waals surface area contributed by atoms with E-state index < -0.39 is 11.7 Å². The first-order valence-electron chi connectivity index (χ1n) is 13.2. The number of hydrogen-bond donors (Lipinski definition) is 4. The molecule has 1 aliphatic carbocycles. The van der Waals surface area contributed by atoms with Gasteiger partial charge in [-0.15, -0.1) is 0 Å². The Bertz CT molecular complexity index is 1180. The summed E-state index contributed by atoms with van der Waals surface area (Å²) in [6.45, 7) is 8.86. The van der Waals surface area contributed by atoms with Crippen LogP contribution in [-0.4, -0.2) is 54.6 Å². The summed E-state index contributed by atoms with van der Waals surface area (Å²) < 4.78 is 13.1. The van der Waals surface area contributed by atoms with Crippen LogP contribution in [0.15, 0.2) is 53.2 Å². The van der Waals surface area contributed by atoms with E-state index in [1.807, 2.05) is 31.2 Å². The number of hydrogen-bond acceptors (Lipinski definition) is 5. The average molecular weight is 522 g/mol. The molecule has 38 heavy (non-hydrogen) atoms. The zero-order valence-corrected chi connectivity index (χ0v) is 22.9. The number of anilines is 1. The topological polar surface area (TPSA) is 119 Å². The fraction of sp³-hybridized carbons (Fsp3) is 0.448. The Morgan fingerprint density at radius 1 is 1.32 bits per heavy atom. The SMILES string of the molecule is C/C=C(\C=N)CN1CC[C@H]([C@@]2(NC(N)=NC)Cc3ccc(NC(=O)c4ccc(F)cn4)cc32)C1.CCCC. The highest BCUT2D eigenvalue weighted by molar-refractivity contribution is 6.03. The largest absolute Gasteiger partial charge is 0.370 e. The van der Waals surface area contributed by atoms with Gasteiger partial charge in [-0.2, -0.15) is 0 Å². The first-order valence-corrected chi connectivity index (χ1v) is 13.2. The van der Waals surface area contributed by atoms with E-state index in [0.29, 0.717) is 11.6 Å². The van der Waals surface area contributed by atoms with E-state index in [0.717, 1.165) is 49.8 Å². The summed E-state index contributed by atoms with van der Waals surface area (Å²) in [6.07, 6.45) is 8.84. The lowest BCUT2D eigenvalue weighted by Crippen LogP contribution is -2.60. The Labute approximate surface area is 225 Å². The lowest BCUT2D eigenvalue weighted by Gasteiger charge is -2.49. The predicted molar refractivity (Wildman–Crippen MR) is 152 cm³/mol. The summed E-state index contributed by atoms with van der Waals surface area (Å²) in [6, 6.07) is 8.43. The van der Waals surface area contributed by atoms with Crippen LogP contribution < -0.4 is 16.4 Å². The first kappa shape index (κ1) is 29.0. The van der Waals surface area contributed by atoms with E-state index in [2.05, 4.69) is 39.4 Å². The second-order valence-corrected chi connectivity index (χ2v) is 9.80. The fourth-order valence-corrected chi connectivity index (χ4v) is 4.94. The quantitative estimate of drug-likeness (QED) is 0.302. The smallest absolute Gasteiger partial charge is 0.274 e. The molecule has 204 valence electrons. The molecule has 2 atom stereocenters. The number of allylic oxidation sites excluding steroid dienone is 1. The van der Waals surface area contributed by atoms with Crippen LogP contribution in [0.2, 0.25) is 0 Å². The molecule has 8 nitrogen and oxygen atoms in total. The number of rotatable bonds is 8. The van der Waals surface area contributed by atoms with Crippen molar-refractivity contribution in [3.63, 3.8) is 0 Å². The van der Waals surface area contributed by atoms with Gasteiger partial charge in [-0.05, 0) is 60.9 Å². The normalized spacial score (nSPS) is 21.0. The van der Waals surface area contributed by atoms with Gasteiger partial charge in [0.05, 0.1) is 11.7 Å². The number of amides is 1. The van der Waals surface area contributed by atoms with Crippen molar-refractivity contribution in [3.8, 4) is 0 Å². The second kappa shape index (κ2) is 13.3. The van der Waals surface area contributed by atoms with E-state index in [1.165, 1.54) is 36.8 Å². The number of likely N-dealkylation sites (tertiary alicyclic amines) is 1. The molecule has 4 rings (SSSR count). The van der Waals surface area contributed by atoms with Gasteiger partial charge in [0.25, 0.3) is 5.91 Å². The lowest BCUT2D eigenvalue weighted by molar-refractivity contribution is 0.102. The van der Waals surface area contributed by atoms with Crippen molar-refractivity contribution in [2.75, 3.05) is 32.0 Å². The minimum atomic E-state index is -0.489. The molecule has 0 saturated carbocycles. The summed E-state index contributed by atoms with van der Waals surface area (Å²) in [4.78, 5) is 23.0. The van der Waals surface area contributed by atoms with Gasteiger partial charge in [0.1, 0.15) is 11.5 Å². The van der Waals surface area contributed by atoms with Crippen molar-refractivity contribution in [1.82, 2.24) is 15.2 Å². The highest BCUT2D eigenvalue weighted by Crippen LogP contribution is 2.48. The zero-order chi connectivity index (χ0) is 27.7. The number of unbranched alkanes of at least 4 members (excludes halogenated alkanes) is 1. The molecular formula is C29H40FN7O. The van der Waals surface area contributed by atoms with Gasteiger partial charge >= 0.3 is 0 Å². The maximum absolute atomic E-state index is 13.1. The molecule has 9 heteroatoms. The number of aromatic nitrogens is 1. The predicted octanol–water partition coefficient (Wildman–Crippen LogP) is 4.48. The van der Waals surface area contributed by atoms with Crippen LogP contribution in [0.1, 0.15) is 61.6 Å². The summed E-state index contributed by atoms with van der Waals surface area (Å²) in [5.41, 5.74) is 9.82. The van der Waals surface area contributed by atoms with E-state index in [9.17, 15) is 9.18 Å². The summed E-state index contributed by atoms with van der Waals surface area (Å²) in [5, 5.41) is 13.9. The number of benzene rings is 1. The van der Waals surface area contributed by atoms with Gasteiger partial charge in [0, 0.05) is 44.4 Å². The maximum atomic E-state index is 13.1. The number of nitrogens with one attached hydrogen (secondary N) is 3. The van der Waals surface area contributed by atoms with Crippen LogP contribution in [0.4, 0.5) is 10.1 Å². The van der Waals surface area contributed by atoms with E-state index in [1.54, 1.807) is 7.05 Å². The molecule has 0 radical (unpaired) electrons. The van der Waals surface area contributed by atoms with Crippen LogP contribution in [-0.2, 0) is 12.0 Å². The van der Waals surface area contributed by atoms with Gasteiger partial charge in [-0.25, -0.2) is 9.37 Å². The summed E-state index contributed by atoms with van der Waals surface area (Å²) in [7, 11) is 1.66. The van der Waals surface area contributed by atoms with E-state index in [-0.39, 0.29) is 17.2 Å². The number of aliphatic imine (C=N–C) groups is 1. The molecule has 2 aliphatic rings. The molecular weight excluding hydrogens is 481 g/mol. The van der Waals surface area contributed by atoms with Gasteiger partial charge in [0.2, 0.25) is 0 Å². The Morgan fingerprint density at radius 3 is 2.68 bits per heavy atom. The van der Waals surface area contributed by atoms with Crippen molar-refractivity contribution in [1.29, 1.82) is 5.41 Å². The molecule has 1 aliphatic heterocycles. The second-order valence-electron chi connectivity index (χ2n) is 9.80. The van der Waals surface area contributed by atoms with E-state index >= 15 is 0 Å². The fourth-order valence-electron chi connectivity index (χ4n) is 4.94. The average Bonchev–Trinajstić information content (AvgIpc) is 3.40. The van der Waals surface area contributed by atoms with Crippen molar-refractivity contribution in [2.45, 2.75) is 52.0 Å². The van der Waals surface area contributed by atoms with Gasteiger partial charge in [-0.3, -0.25) is 14.7 Å². The van der Waals surface area contributed by atoms with Crippen molar-refractivity contribution in [3.05, 3.63) is 70.8 Å². The number of nitrogens with zero attached hydrogens (tertiary/aromatic N) is 3. The van der Waals surface area contributed by atoms with Crippen LogP contribution >= 0.6 is 0 Å². The number of carbonyl (C=O) groups is 1. The third-order valence-corrected chi connectivity index (χ3v) is 7.30. The van der Waals surface area contributed by atoms with Crippen LogP contribution in [0.5, 0.6) is 0 Å². The highest BCUT2D eigenvalue weighted by Gasteiger charge is 2.51. The Morgan fingerprint density at radius 2 is 2.08 bits per heavy atom. The molecule has 2 heterocycles. The Balaban J connectivity index is 0.000000934. The summed E-state index contributed by atoms with van der Waals surface area (Å²) >= 11 is 0. The van der Waals surface area contributed by atoms with Crippen molar-refractivity contribution < 1.29 is 9.18 Å². The van der Waals surface area contributed by atoms with Crippen molar-refractivity contribution >= 4 is 23.8 Å². The molecule has 1 amide bonds. The highest BCUT2D eigenvalue weighted by atomic mass is 19.1.